The van der Waals surface area contributed by atoms with Crippen LogP contribution in [0.2, 0.25) is 0 Å². The second-order valence-corrected chi connectivity index (χ2v) is 3.54. The van der Waals surface area contributed by atoms with Crippen molar-refractivity contribution < 1.29 is 19.0 Å². The SMILES string of the molecule is COC1CCC(=O)C(C(OC)OC)C1. The van der Waals surface area contributed by atoms with Crippen molar-refractivity contribution in [2.75, 3.05) is 21.3 Å². The smallest absolute Gasteiger partial charge is 0.166 e. The maximum Gasteiger partial charge on any atom is 0.166 e. The molecule has 0 aromatic carbocycles. The summed E-state index contributed by atoms with van der Waals surface area (Å²) < 4.78 is 15.5. The molecule has 0 bridgehead atoms. The van der Waals surface area contributed by atoms with Gasteiger partial charge in [-0.1, -0.05) is 0 Å². The third-order valence-corrected chi connectivity index (χ3v) is 2.77. The van der Waals surface area contributed by atoms with E-state index in [1.165, 1.54) is 0 Å². The molecule has 0 aromatic rings. The standard InChI is InChI=1S/C10H18O4/c1-12-7-4-5-9(11)8(6-7)10(13-2)14-3/h7-8,10H,4-6H2,1-3H3. The van der Waals surface area contributed by atoms with Crippen LogP contribution in [-0.2, 0) is 19.0 Å². The van der Waals surface area contributed by atoms with Crippen LogP contribution in [0.5, 0.6) is 0 Å². The molecule has 0 aliphatic heterocycles. The Balaban J connectivity index is 2.59. The summed E-state index contributed by atoms with van der Waals surface area (Å²) in [6, 6.07) is 0. The average Bonchev–Trinajstić information content (AvgIpc) is 2.22. The number of ketones is 1. The van der Waals surface area contributed by atoms with Crippen molar-refractivity contribution >= 4 is 5.78 Å². The number of hydrogen-bond acceptors (Lipinski definition) is 4. The van der Waals surface area contributed by atoms with Crippen LogP contribution in [0.1, 0.15) is 19.3 Å². The lowest BCUT2D eigenvalue weighted by atomic mass is 9.85. The van der Waals surface area contributed by atoms with Crippen molar-refractivity contribution in [1.82, 2.24) is 0 Å². The van der Waals surface area contributed by atoms with Crippen LogP contribution in [0.4, 0.5) is 0 Å². The Kier molecular flexibility index (Phi) is 4.51. The van der Waals surface area contributed by atoms with Gasteiger partial charge in [-0.2, -0.15) is 0 Å². The van der Waals surface area contributed by atoms with E-state index in [4.69, 9.17) is 14.2 Å². The molecule has 14 heavy (non-hydrogen) atoms. The van der Waals surface area contributed by atoms with Gasteiger partial charge in [-0.25, -0.2) is 0 Å². The Hall–Kier alpha value is -0.450. The summed E-state index contributed by atoms with van der Waals surface area (Å²) in [6.07, 6.45) is 1.80. The highest BCUT2D eigenvalue weighted by Crippen LogP contribution is 2.27. The highest BCUT2D eigenvalue weighted by molar-refractivity contribution is 5.82. The molecule has 0 radical (unpaired) electrons. The van der Waals surface area contributed by atoms with E-state index in [0.717, 1.165) is 6.42 Å². The van der Waals surface area contributed by atoms with Gasteiger partial charge in [-0.3, -0.25) is 4.79 Å². The van der Waals surface area contributed by atoms with Crippen LogP contribution < -0.4 is 0 Å². The first kappa shape index (κ1) is 11.6. The molecule has 0 saturated heterocycles. The zero-order valence-electron chi connectivity index (χ0n) is 8.99. The first-order valence-electron chi connectivity index (χ1n) is 4.84. The van der Waals surface area contributed by atoms with Gasteiger partial charge in [0.1, 0.15) is 5.78 Å². The lowest BCUT2D eigenvalue weighted by molar-refractivity contribution is -0.166. The number of hydrogen-bond donors (Lipinski definition) is 0. The molecule has 0 heterocycles. The number of methoxy groups -OCH3 is 3. The molecular weight excluding hydrogens is 184 g/mol. The fourth-order valence-electron chi connectivity index (χ4n) is 1.92. The van der Waals surface area contributed by atoms with Gasteiger partial charge in [-0.15, -0.1) is 0 Å². The van der Waals surface area contributed by atoms with Crippen LogP contribution in [0, 0.1) is 5.92 Å². The minimum atomic E-state index is -0.430. The van der Waals surface area contributed by atoms with E-state index in [9.17, 15) is 4.79 Å². The monoisotopic (exact) mass is 202 g/mol. The maximum atomic E-state index is 11.6. The van der Waals surface area contributed by atoms with Gasteiger partial charge < -0.3 is 14.2 Å². The normalized spacial score (nSPS) is 28.4. The largest absolute Gasteiger partial charge is 0.381 e. The van der Waals surface area contributed by atoms with Gasteiger partial charge in [-0.05, 0) is 12.8 Å². The van der Waals surface area contributed by atoms with E-state index < -0.39 is 6.29 Å². The van der Waals surface area contributed by atoms with E-state index in [1.54, 1.807) is 21.3 Å². The maximum absolute atomic E-state index is 11.6. The van der Waals surface area contributed by atoms with Crippen LogP contribution in [-0.4, -0.2) is 39.5 Å². The molecule has 1 saturated carbocycles. The van der Waals surface area contributed by atoms with Crippen LogP contribution in [0.25, 0.3) is 0 Å². The second kappa shape index (κ2) is 5.44. The molecule has 4 nitrogen and oxygen atoms in total. The van der Waals surface area contributed by atoms with E-state index >= 15 is 0 Å². The third kappa shape index (κ3) is 2.53. The summed E-state index contributed by atoms with van der Waals surface area (Å²) in [5.74, 6) is 0.0377. The van der Waals surface area contributed by atoms with Crippen LogP contribution >= 0.6 is 0 Å². The number of carbonyl (C=O) groups is 1. The molecule has 2 unspecified atom stereocenters. The van der Waals surface area contributed by atoms with Crippen molar-refractivity contribution in [3.05, 3.63) is 0 Å². The van der Waals surface area contributed by atoms with E-state index in [0.29, 0.717) is 12.8 Å². The van der Waals surface area contributed by atoms with Gasteiger partial charge in [0, 0.05) is 27.8 Å². The first-order valence-corrected chi connectivity index (χ1v) is 4.84. The van der Waals surface area contributed by atoms with Gasteiger partial charge in [0.2, 0.25) is 0 Å². The lowest BCUT2D eigenvalue weighted by Crippen LogP contribution is -2.38. The van der Waals surface area contributed by atoms with Crippen LogP contribution in [0.3, 0.4) is 0 Å². The molecule has 1 rings (SSSR count). The summed E-state index contributed by atoms with van der Waals surface area (Å²) in [5, 5.41) is 0. The molecule has 0 amide bonds. The molecule has 4 heteroatoms. The third-order valence-electron chi connectivity index (χ3n) is 2.77. The van der Waals surface area contributed by atoms with Crippen molar-refractivity contribution in [2.45, 2.75) is 31.7 Å². The topological polar surface area (TPSA) is 44.8 Å². The zero-order chi connectivity index (χ0) is 10.6. The molecule has 1 fully saturated rings. The van der Waals surface area contributed by atoms with Gasteiger partial charge in [0.05, 0.1) is 12.0 Å². The predicted octanol–water partition coefficient (Wildman–Crippen LogP) is 0.990. The quantitative estimate of drug-likeness (QED) is 0.638. The van der Waals surface area contributed by atoms with Crippen molar-refractivity contribution in [2.24, 2.45) is 5.92 Å². The van der Waals surface area contributed by atoms with Crippen molar-refractivity contribution in [3.8, 4) is 0 Å². The molecule has 0 aromatic heterocycles. The minimum absolute atomic E-state index is 0.158. The Morgan fingerprint density at radius 2 is 1.93 bits per heavy atom. The lowest BCUT2D eigenvalue weighted by Gasteiger charge is -2.31. The summed E-state index contributed by atoms with van der Waals surface area (Å²) in [4.78, 5) is 11.6. The molecule has 0 spiro atoms. The van der Waals surface area contributed by atoms with Crippen molar-refractivity contribution in [3.63, 3.8) is 0 Å². The fourth-order valence-corrected chi connectivity index (χ4v) is 1.92. The van der Waals surface area contributed by atoms with E-state index in [-0.39, 0.29) is 17.8 Å². The molecule has 1 aliphatic rings. The molecule has 0 N–H and O–H groups in total. The highest BCUT2D eigenvalue weighted by atomic mass is 16.7. The van der Waals surface area contributed by atoms with Crippen molar-refractivity contribution in [1.29, 1.82) is 0 Å². The zero-order valence-corrected chi connectivity index (χ0v) is 8.99. The molecule has 82 valence electrons. The Labute approximate surface area is 84.5 Å². The Bertz CT molecular complexity index is 189. The van der Waals surface area contributed by atoms with Gasteiger partial charge in [0.15, 0.2) is 6.29 Å². The highest BCUT2D eigenvalue weighted by Gasteiger charge is 2.34. The Morgan fingerprint density at radius 1 is 1.29 bits per heavy atom. The summed E-state index contributed by atoms with van der Waals surface area (Å²) in [7, 11) is 4.78. The first-order chi connectivity index (χ1) is 6.72. The Morgan fingerprint density at radius 3 is 2.43 bits per heavy atom. The predicted molar refractivity (Wildman–Crippen MR) is 51.0 cm³/mol. The fraction of sp³-hybridized carbons (Fsp3) is 0.900. The number of rotatable bonds is 4. The van der Waals surface area contributed by atoms with Gasteiger partial charge >= 0.3 is 0 Å². The second-order valence-electron chi connectivity index (χ2n) is 3.54. The van der Waals surface area contributed by atoms with Crippen LogP contribution in [0.15, 0.2) is 0 Å². The molecular formula is C10H18O4. The van der Waals surface area contributed by atoms with Gasteiger partial charge in [0.25, 0.3) is 0 Å². The van der Waals surface area contributed by atoms with E-state index in [2.05, 4.69) is 0 Å². The minimum Gasteiger partial charge on any atom is -0.381 e. The number of ether oxygens (including phenoxy) is 3. The number of Topliss-reactive ketones (excluding diaryl/α,β-unsaturated/α-hetero) is 1. The molecule has 1 aliphatic carbocycles. The number of carbonyl (C=O) groups excluding carboxylic acids is 1. The summed E-state index contributed by atoms with van der Waals surface area (Å²) in [6.45, 7) is 0. The average molecular weight is 202 g/mol. The van der Waals surface area contributed by atoms with E-state index in [1.807, 2.05) is 0 Å². The molecule has 2 atom stereocenters. The summed E-state index contributed by atoms with van der Waals surface area (Å²) in [5.41, 5.74) is 0. The summed E-state index contributed by atoms with van der Waals surface area (Å²) >= 11 is 0.